The zero-order chi connectivity index (χ0) is 15.6. The topological polar surface area (TPSA) is 85.1 Å². The van der Waals surface area contributed by atoms with E-state index in [0.29, 0.717) is 0 Å². The van der Waals surface area contributed by atoms with Crippen molar-refractivity contribution >= 4 is 52.3 Å². The van der Waals surface area contributed by atoms with Gasteiger partial charge in [-0.15, -0.1) is 0 Å². The number of aromatic nitrogens is 1. The first-order valence-corrected chi connectivity index (χ1v) is 6.74. The summed E-state index contributed by atoms with van der Waals surface area (Å²) in [4.78, 5) is 27.0. The predicted octanol–water partition coefficient (Wildman–Crippen LogP) is 3.39. The van der Waals surface area contributed by atoms with Gasteiger partial charge in [0, 0.05) is 11.1 Å². The summed E-state index contributed by atoms with van der Waals surface area (Å²) in [7, 11) is 0. The number of primary amides is 1. The molecule has 8 heteroatoms. The third kappa shape index (κ3) is 3.85. The van der Waals surface area contributed by atoms with Crippen LogP contribution < -0.4 is 11.1 Å². The summed E-state index contributed by atoms with van der Waals surface area (Å²) in [6.07, 6.45) is 0. The summed E-state index contributed by atoms with van der Waals surface area (Å²) in [5.74, 6) is -1.12. The Kier molecular flexibility index (Phi) is 4.67. The molecule has 0 spiro atoms. The molecule has 1 aromatic carbocycles. The monoisotopic (exact) mass is 343 g/mol. The minimum Gasteiger partial charge on any atom is -0.366 e. The van der Waals surface area contributed by atoms with E-state index in [1.807, 2.05) is 0 Å². The van der Waals surface area contributed by atoms with Gasteiger partial charge in [0.1, 0.15) is 10.3 Å². The highest BCUT2D eigenvalue weighted by Crippen LogP contribution is 2.24. The number of nitrogens with zero attached hydrogens (tertiary/aromatic N) is 1. The number of nitrogens with two attached hydrogens (primary N) is 1. The van der Waals surface area contributed by atoms with E-state index in [0.717, 1.165) is 0 Å². The van der Waals surface area contributed by atoms with Crippen molar-refractivity contribution < 1.29 is 9.59 Å². The zero-order valence-electron chi connectivity index (χ0n) is 10.4. The maximum absolute atomic E-state index is 12.1. The smallest absolute Gasteiger partial charge is 0.255 e. The van der Waals surface area contributed by atoms with Gasteiger partial charge >= 0.3 is 0 Å². The molecule has 0 fully saturated rings. The van der Waals surface area contributed by atoms with E-state index in [1.165, 1.54) is 30.3 Å². The molecule has 2 rings (SSSR count). The zero-order valence-corrected chi connectivity index (χ0v) is 12.6. The van der Waals surface area contributed by atoms with Crippen molar-refractivity contribution in [3.8, 4) is 0 Å². The molecule has 21 heavy (non-hydrogen) atoms. The molecule has 0 aliphatic carbocycles. The average molecular weight is 345 g/mol. The molecule has 108 valence electrons. The van der Waals surface area contributed by atoms with E-state index in [1.54, 1.807) is 0 Å². The van der Waals surface area contributed by atoms with E-state index in [2.05, 4.69) is 10.3 Å². The van der Waals surface area contributed by atoms with Crippen LogP contribution in [0, 0.1) is 0 Å². The summed E-state index contributed by atoms with van der Waals surface area (Å²) in [5, 5.41) is 2.99. The van der Waals surface area contributed by atoms with Crippen molar-refractivity contribution in [2.45, 2.75) is 0 Å². The minimum absolute atomic E-state index is 0.0876. The van der Waals surface area contributed by atoms with Crippen LogP contribution in [0.2, 0.25) is 15.3 Å². The lowest BCUT2D eigenvalue weighted by atomic mass is 10.2. The van der Waals surface area contributed by atoms with Gasteiger partial charge in [0.15, 0.2) is 0 Å². The number of amides is 2. The molecule has 0 atom stereocenters. The molecule has 0 aliphatic heterocycles. The number of pyridine rings is 1. The van der Waals surface area contributed by atoms with Crippen LogP contribution in [0.1, 0.15) is 20.7 Å². The lowest BCUT2D eigenvalue weighted by Gasteiger charge is -2.09. The number of nitrogens with one attached hydrogen (secondary N) is 1. The molecule has 3 N–H and O–H groups in total. The van der Waals surface area contributed by atoms with Crippen LogP contribution in [0.3, 0.4) is 0 Å². The molecule has 1 aromatic heterocycles. The Morgan fingerprint density at radius 1 is 1.00 bits per heavy atom. The number of hydrogen-bond acceptors (Lipinski definition) is 3. The summed E-state index contributed by atoms with van der Waals surface area (Å²) in [5.41, 5.74) is 5.86. The second-order valence-electron chi connectivity index (χ2n) is 4.01. The van der Waals surface area contributed by atoms with Gasteiger partial charge in [-0.2, -0.15) is 0 Å². The third-order valence-electron chi connectivity index (χ3n) is 2.52. The Labute approximate surface area is 135 Å². The van der Waals surface area contributed by atoms with Gasteiger partial charge in [-0.25, -0.2) is 4.98 Å². The van der Waals surface area contributed by atoms with Gasteiger partial charge in [-0.3, -0.25) is 9.59 Å². The van der Waals surface area contributed by atoms with E-state index in [-0.39, 0.29) is 32.1 Å². The molecule has 0 radical (unpaired) electrons. The van der Waals surface area contributed by atoms with Crippen molar-refractivity contribution in [2.24, 2.45) is 5.73 Å². The third-order valence-corrected chi connectivity index (χ3v) is 3.24. The first-order valence-electron chi connectivity index (χ1n) is 5.60. The molecular formula is C13H8Cl3N3O2. The van der Waals surface area contributed by atoms with Gasteiger partial charge in [0.05, 0.1) is 10.7 Å². The molecule has 2 aromatic rings. The lowest BCUT2D eigenvalue weighted by molar-refractivity contribution is 0.0996. The molecule has 0 aliphatic rings. The molecule has 0 unspecified atom stereocenters. The predicted molar refractivity (Wildman–Crippen MR) is 82.2 cm³/mol. The van der Waals surface area contributed by atoms with Gasteiger partial charge in [-0.05, 0) is 30.3 Å². The van der Waals surface area contributed by atoms with E-state index >= 15 is 0 Å². The van der Waals surface area contributed by atoms with Crippen LogP contribution in [0.4, 0.5) is 5.69 Å². The van der Waals surface area contributed by atoms with Crippen molar-refractivity contribution in [3.05, 3.63) is 56.8 Å². The number of carbonyl (C=O) groups is 2. The van der Waals surface area contributed by atoms with Crippen molar-refractivity contribution in [1.29, 1.82) is 0 Å². The fraction of sp³-hybridized carbons (Fsp3) is 0. The Bertz CT molecular complexity index is 714. The number of anilines is 1. The van der Waals surface area contributed by atoms with Crippen molar-refractivity contribution in [3.63, 3.8) is 0 Å². The molecule has 0 saturated carbocycles. The van der Waals surface area contributed by atoms with Crippen LogP contribution >= 0.6 is 34.8 Å². The number of rotatable bonds is 3. The average Bonchev–Trinajstić information content (AvgIpc) is 2.39. The maximum Gasteiger partial charge on any atom is 0.255 e. The van der Waals surface area contributed by atoms with E-state index in [4.69, 9.17) is 40.5 Å². The lowest BCUT2D eigenvalue weighted by Crippen LogP contribution is -2.15. The van der Waals surface area contributed by atoms with Gasteiger partial charge in [0.25, 0.3) is 5.91 Å². The van der Waals surface area contributed by atoms with Crippen LogP contribution in [0.25, 0.3) is 0 Å². The summed E-state index contributed by atoms with van der Waals surface area (Å²) < 4.78 is 0. The van der Waals surface area contributed by atoms with E-state index < -0.39 is 11.8 Å². The quantitative estimate of drug-likeness (QED) is 0.837. The molecule has 0 saturated heterocycles. The SMILES string of the molecule is NC(=O)c1ccc(Cl)c(NC(=O)c2cc(Cl)nc(Cl)c2)c1. The fourth-order valence-electron chi connectivity index (χ4n) is 1.56. The summed E-state index contributed by atoms with van der Waals surface area (Å²) >= 11 is 17.4. The van der Waals surface area contributed by atoms with Crippen LogP contribution in [-0.4, -0.2) is 16.8 Å². The molecule has 5 nitrogen and oxygen atoms in total. The minimum atomic E-state index is -0.628. The number of hydrogen-bond donors (Lipinski definition) is 2. The van der Waals surface area contributed by atoms with Crippen LogP contribution in [0.15, 0.2) is 30.3 Å². The summed E-state index contributed by atoms with van der Waals surface area (Å²) in [6, 6.07) is 7.01. The highest BCUT2D eigenvalue weighted by atomic mass is 35.5. The molecule has 1 heterocycles. The van der Waals surface area contributed by atoms with Gasteiger partial charge in [-0.1, -0.05) is 34.8 Å². The number of benzene rings is 1. The first-order chi connectivity index (χ1) is 9.86. The Balaban J connectivity index is 2.31. The second-order valence-corrected chi connectivity index (χ2v) is 5.20. The van der Waals surface area contributed by atoms with Crippen molar-refractivity contribution in [1.82, 2.24) is 4.98 Å². The molecular weight excluding hydrogens is 337 g/mol. The standard InChI is InChI=1S/C13H8Cl3N3O2/c14-8-2-1-6(12(17)20)3-9(8)18-13(21)7-4-10(15)19-11(16)5-7/h1-5H,(H2,17,20)(H,18,21). The van der Waals surface area contributed by atoms with Gasteiger partial charge in [0.2, 0.25) is 5.91 Å². The maximum atomic E-state index is 12.1. The highest BCUT2D eigenvalue weighted by molar-refractivity contribution is 6.34. The molecule has 2 amide bonds. The number of carbonyl (C=O) groups excluding carboxylic acids is 2. The second kappa shape index (κ2) is 6.30. The number of halogens is 3. The normalized spacial score (nSPS) is 10.2. The Morgan fingerprint density at radius 2 is 1.62 bits per heavy atom. The first kappa shape index (κ1) is 15.6. The van der Waals surface area contributed by atoms with Gasteiger partial charge < -0.3 is 11.1 Å². The molecule has 0 bridgehead atoms. The largest absolute Gasteiger partial charge is 0.366 e. The van der Waals surface area contributed by atoms with E-state index in [9.17, 15) is 9.59 Å². The summed E-state index contributed by atoms with van der Waals surface area (Å²) in [6.45, 7) is 0. The Morgan fingerprint density at radius 3 is 2.19 bits per heavy atom. The fourth-order valence-corrected chi connectivity index (χ4v) is 2.19. The van der Waals surface area contributed by atoms with Crippen LogP contribution in [-0.2, 0) is 0 Å². The highest BCUT2D eigenvalue weighted by Gasteiger charge is 2.12. The van der Waals surface area contributed by atoms with Crippen molar-refractivity contribution in [2.75, 3.05) is 5.32 Å². The Hall–Kier alpha value is -1.82. The van der Waals surface area contributed by atoms with Crippen LogP contribution in [0.5, 0.6) is 0 Å².